The molecule has 2 aromatic carbocycles. The molecular formula is C20H12FN3O5S2. The van der Waals surface area contributed by atoms with Gasteiger partial charge in [-0.05, 0) is 29.8 Å². The molecule has 0 aliphatic carbocycles. The second-order valence-electron chi connectivity index (χ2n) is 7.09. The van der Waals surface area contributed by atoms with Gasteiger partial charge in [-0.3, -0.25) is 24.5 Å². The number of nitrogens with zero attached hydrogens (tertiary/aromatic N) is 2. The number of nitro groups is 1. The number of hydrogen-bond donors (Lipinski definition) is 1. The normalized spacial score (nSPS) is 22.4. The van der Waals surface area contributed by atoms with Gasteiger partial charge in [-0.15, -0.1) is 0 Å². The Morgan fingerprint density at radius 1 is 1.00 bits per heavy atom. The Balaban J connectivity index is 1.60. The van der Waals surface area contributed by atoms with Gasteiger partial charge >= 0.3 is 4.87 Å². The molecule has 3 atom stereocenters. The molecule has 2 aliphatic rings. The Morgan fingerprint density at radius 2 is 1.68 bits per heavy atom. The third-order valence-corrected chi connectivity index (χ3v) is 7.77. The monoisotopic (exact) mass is 457 g/mol. The lowest BCUT2D eigenvalue weighted by molar-refractivity contribution is -0.384. The predicted octanol–water partition coefficient (Wildman–Crippen LogP) is 3.28. The second kappa shape index (κ2) is 7.13. The molecule has 3 aromatic rings. The summed E-state index contributed by atoms with van der Waals surface area (Å²) < 4.78 is 13.5. The Morgan fingerprint density at radius 3 is 2.32 bits per heavy atom. The average molecular weight is 457 g/mol. The van der Waals surface area contributed by atoms with E-state index >= 15 is 0 Å². The first-order valence-corrected chi connectivity index (χ1v) is 10.8. The van der Waals surface area contributed by atoms with Crippen molar-refractivity contribution in [1.29, 1.82) is 0 Å². The van der Waals surface area contributed by atoms with Crippen LogP contribution >= 0.6 is 23.1 Å². The molecule has 3 unspecified atom stereocenters. The van der Waals surface area contributed by atoms with Crippen LogP contribution in [0.4, 0.5) is 15.8 Å². The standard InChI is InChI=1S/C20H12FN3O5S2/c21-10-3-1-9(2-4-10)13-14-16(30-17-15(13)31-20(27)22-17)19(26)23(18(14)25)11-5-7-12(8-6-11)24(28)29/h1-8,13-14,16H,(H,22,27). The molecule has 2 aliphatic heterocycles. The van der Waals surface area contributed by atoms with Gasteiger partial charge in [0.2, 0.25) is 11.8 Å². The van der Waals surface area contributed by atoms with Gasteiger partial charge in [-0.2, -0.15) is 0 Å². The fourth-order valence-corrected chi connectivity index (χ4v) is 6.54. The number of carbonyl (C=O) groups is 2. The molecule has 1 saturated heterocycles. The average Bonchev–Trinajstić information content (AvgIpc) is 3.23. The zero-order chi connectivity index (χ0) is 21.9. The molecule has 31 heavy (non-hydrogen) atoms. The zero-order valence-electron chi connectivity index (χ0n) is 15.5. The number of thioether (sulfide) groups is 1. The summed E-state index contributed by atoms with van der Waals surface area (Å²) in [5, 5.41) is 10.7. The number of hydrogen-bond acceptors (Lipinski definition) is 7. The number of benzene rings is 2. The maximum Gasteiger partial charge on any atom is 0.305 e. The Hall–Kier alpha value is -3.31. The molecule has 8 nitrogen and oxygen atoms in total. The Labute approximate surface area is 181 Å². The van der Waals surface area contributed by atoms with E-state index in [4.69, 9.17) is 0 Å². The molecule has 0 radical (unpaired) electrons. The van der Waals surface area contributed by atoms with E-state index < -0.39 is 39.6 Å². The number of carbonyl (C=O) groups excluding carboxylic acids is 2. The molecule has 0 spiro atoms. The van der Waals surface area contributed by atoms with Gasteiger partial charge in [0.15, 0.2) is 0 Å². The summed E-state index contributed by atoms with van der Waals surface area (Å²) in [6.07, 6.45) is 0. The molecule has 1 aromatic heterocycles. The van der Waals surface area contributed by atoms with Crippen molar-refractivity contribution >= 4 is 46.3 Å². The number of amides is 2. The van der Waals surface area contributed by atoms with Crippen LogP contribution in [0.15, 0.2) is 58.4 Å². The number of non-ortho nitro benzene ring substituents is 1. The van der Waals surface area contributed by atoms with Crippen molar-refractivity contribution in [3.63, 3.8) is 0 Å². The smallest absolute Gasteiger partial charge is 0.305 e. The van der Waals surface area contributed by atoms with Crippen LogP contribution in [0.2, 0.25) is 0 Å². The van der Waals surface area contributed by atoms with Crippen molar-refractivity contribution in [2.75, 3.05) is 4.90 Å². The summed E-state index contributed by atoms with van der Waals surface area (Å²) in [7, 11) is 0. The summed E-state index contributed by atoms with van der Waals surface area (Å²) in [4.78, 5) is 53.1. The van der Waals surface area contributed by atoms with E-state index in [9.17, 15) is 28.9 Å². The van der Waals surface area contributed by atoms with E-state index in [1.54, 1.807) is 12.1 Å². The van der Waals surface area contributed by atoms with Crippen molar-refractivity contribution in [3.05, 3.63) is 84.6 Å². The molecule has 2 amide bonds. The predicted molar refractivity (Wildman–Crippen MR) is 112 cm³/mol. The Kier molecular flexibility index (Phi) is 4.52. The van der Waals surface area contributed by atoms with Crippen LogP contribution < -0.4 is 9.77 Å². The second-order valence-corrected chi connectivity index (χ2v) is 9.25. The molecule has 5 rings (SSSR count). The highest BCUT2D eigenvalue weighted by Crippen LogP contribution is 2.53. The summed E-state index contributed by atoms with van der Waals surface area (Å²) >= 11 is 2.10. The van der Waals surface area contributed by atoms with Crippen molar-refractivity contribution in [1.82, 2.24) is 4.98 Å². The maximum atomic E-state index is 13.5. The molecule has 0 bridgehead atoms. The number of imide groups is 1. The highest BCUT2D eigenvalue weighted by atomic mass is 32.2. The number of thiazole rings is 1. The first-order chi connectivity index (χ1) is 14.8. The van der Waals surface area contributed by atoms with Crippen molar-refractivity contribution in [3.8, 4) is 0 Å². The van der Waals surface area contributed by atoms with E-state index in [1.165, 1.54) is 36.4 Å². The van der Waals surface area contributed by atoms with Crippen LogP contribution in [0.1, 0.15) is 16.4 Å². The van der Waals surface area contributed by atoms with Gasteiger partial charge in [-0.25, -0.2) is 9.29 Å². The topological polar surface area (TPSA) is 113 Å². The molecule has 0 saturated carbocycles. The molecule has 11 heteroatoms. The van der Waals surface area contributed by atoms with E-state index in [0.29, 0.717) is 15.5 Å². The zero-order valence-corrected chi connectivity index (χ0v) is 17.1. The summed E-state index contributed by atoms with van der Waals surface area (Å²) in [6, 6.07) is 10.8. The highest BCUT2D eigenvalue weighted by Gasteiger charge is 2.56. The van der Waals surface area contributed by atoms with Gasteiger partial charge in [0.1, 0.15) is 11.1 Å². The van der Waals surface area contributed by atoms with E-state index in [0.717, 1.165) is 28.0 Å². The minimum Gasteiger partial charge on any atom is -0.307 e. The fraction of sp³-hybridized carbons (Fsp3) is 0.150. The number of aromatic amines is 1. The Bertz CT molecular complexity index is 1290. The van der Waals surface area contributed by atoms with Gasteiger partial charge in [0.05, 0.1) is 21.6 Å². The van der Waals surface area contributed by atoms with Crippen LogP contribution in [0, 0.1) is 21.8 Å². The molecule has 3 heterocycles. The van der Waals surface area contributed by atoms with Crippen LogP contribution in [-0.4, -0.2) is 27.0 Å². The van der Waals surface area contributed by atoms with Crippen LogP contribution in [0.25, 0.3) is 0 Å². The first kappa shape index (κ1) is 19.6. The number of nitrogens with one attached hydrogen (secondary N) is 1. The van der Waals surface area contributed by atoms with Crippen LogP contribution in [0.3, 0.4) is 0 Å². The molecule has 156 valence electrons. The third kappa shape index (κ3) is 3.08. The fourth-order valence-electron chi connectivity index (χ4n) is 4.02. The number of anilines is 1. The number of H-pyrrole nitrogens is 1. The summed E-state index contributed by atoms with van der Waals surface area (Å²) in [6.45, 7) is 0. The lowest BCUT2D eigenvalue weighted by Gasteiger charge is -2.29. The third-order valence-electron chi connectivity index (χ3n) is 5.37. The highest BCUT2D eigenvalue weighted by molar-refractivity contribution is 8.00. The van der Waals surface area contributed by atoms with Gasteiger partial charge in [-0.1, -0.05) is 35.2 Å². The number of fused-ring (bicyclic) bond motifs is 2. The number of aromatic nitrogens is 1. The summed E-state index contributed by atoms with van der Waals surface area (Å²) in [5.74, 6) is -2.74. The van der Waals surface area contributed by atoms with E-state index in [2.05, 4.69) is 4.98 Å². The van der Waals surface area contributed by atoms with E-state index in [-0.39, 0.29) is 16.2 Å². The van der Waals surface area contributed by atoms with Crippen molar-refractivity contribution in [2.45, 2.75) is 16.2 Å². The van der Waals surface area contributed by atoms with Crippen molar-refractivity contribution < 1.29 is 18.9 Å². The number of nitro benzene ring substituents is 1. The SMILES string of the molecule is O=C1C2Sc3[nH]c(=O)sc3C(c3ccc(F)cc3)C2C(=O)N1c1ccc([N+](=O)[O-])cc1. The van der Waals surface area contributed by atoms with Crippen LogP contribution in [0.5, 0.6) is 0 Å². The van der Waals surface area contributed by atoms with Gasteiger partial charge < -0.3 is 4.98 Å². The molecule has 1 N–H and O–H groups in total. The van der Waals surface area contributed by atoms with Gasteiger partial charge in [0, 0.05) is 22.9 Å². The lowest BCUT2D eigenvalue weighted by Crippen LogP contribution is -2.32. The first-order valence-electron chi connectivity index (χ1n) is 9.12. The number of halogens is 1. The summed E-state index contributed by atoms with van der Waals surface area (Å²) in [5.41, 5.74) is 0.712. The quantitative estimate of drug-likeness (QED) is 0.367. The molecule has 1 fully saturated rings. The molecular weight excluding hydrogens is 445 g/mol. The van der Waals surface area contributed by atoms with Crippen molar-refractivity contribution in [2.24, 2.45) is 5.92 Å². The minimum absolute atomic E-state index is 0.154. The maximum absolute atomic E-state index is 13.5. The van der Waals surface area contributed by atoms with Gasteiger partial charge in [0.25, 0.3) is 5.69 Å². The largest absolute Gasteiger partial charge is 0.307 e. The lowest BCUT2D eigenvalue weighted by atomic mass is 9.83. The minimum atomic E-state index is -0.794. The van der Waals surface area contributed by atoms with E-state index in [1.807, 2.05) is 0 Å². The van der Waals surface area contributed by atoms with Crippen LogP contribution in [-0.2, 0) is 9.59 Å². The number of rotatable bonds is 3.